The maximum Gasteiger partial charge on any atom is 0.451 e. The number of rotatable bonds is 7. The van der Waals surface area contributed by atoms with E-state index in [0.717, 1.165) is 51.0 Å². The van der Waals surface area contributed by atoms with Crippen LogP contribution in [0.15, 0.2) is 18.3 Å². The third-order valence-corrected chi connectivity index (χ3v) is 4.65. The van der Waals surface area contributed by atoms with Crippen LogP contribution in [-0.4, -0.2) is 41.3 Å². The highest BCUT2D eigenvalue weighted by Gasteiger charge is 2.24. The van der Waals surface area contributed by atoms with Crippen molar-refractivity contribution in [1.82, 2.24) is 4.98 Å². The minimum Gasteiger partial charge on any atom is -0.427 e. The number of unbranched alkanes of at least 4 members (excludes halogenated alkanes) is 1. The lowest BCUT2D eigenvalue weighted by Crippen LogP contribution is -2.41. The second kappa shape index (κ2) is 8.72. The van der Waals surface area contributed by atoms with Crippen LogP contribution in [0.3, 0.4) is 0 Å². The molecule has 122 valence electrons. The first-order valence-corrected chi connectivity index (χ1v) is 8.42. The monoisotopic (exact) mass is 325 g/mol. The van der Waals surface area contributed by atoms with Crippen molar-refractivity contribution in [3.8, 4) is 0 Å². The largest absolute Gasteiger partial charge is 0.451 e. The van der Waals surface area contributed by atoms with Crippen LogP contribution in [0.5, 0.6) is 0 Å². The fraction of sp³-hybridized carbons (Fsp3) is 0.667. The van der Waals surface area contributed by atoms with Crippen LogP contribution in [0.4, 0.5) is 5.82 Å². The number of halogens is 1. The van der Waals surface area contributed by atoms with Gasteiger partial charge < -0.3 is 20.7 Å². The SMILES string of the molecule is NC(CCCCB(O)O)C1CCN(c2ccc(Cl)cn2)CC1. The summed E-state index contributed by atoms with van der Waals surface area (Å²) in [5.41, 5.74) is 6.29. The lowest BCUT2D eigenvalue weighted by Gasteiger charge is -2.35. The average Bonchev–Trinajstić information content (AvgIpc) is 2.52. The Labute approximate surface area is 137 Å². The van der Waals surface area contributed by atoms with Gasteiger partial charge in [0.15, 0.2) is 0 Å². The molecule has 1 aromatic heterocycles. The lowest BCUT2D eigenvalue weighted by atomic mass is 9.82. The zero-order valence-corrected chi connectivity index (χ0v) is 13.6. The molecule has 4 N–H and O–H groups in total. The summed E-state index contributed by atoms with van der Waals surface area (Å²) in [7, 11) is -1.19. The van der Waals surface area contributed by atoms with Crippen LogP contribution in [-0.2, 0) is 0 Å². The van der Waals surface area contributed by atoms with E-state index < -0.39 is 7.12 Å². The quantitative estimate of drug-likeness (QED) is 0.527. The smallest absolute Gasteiger partial charge is 0.427 e. The number of piperidine rings is 1. The predicted molar refractivity (Wildman–Crippen MR) is 91.0 cm³/mol. The fourth-order valence-corrected chi connectivity index (χ4v) is 3.17. The van der Waals surface area contributed by atoms with Crippen LogP contribution >= 0.6 is 11.6 Å². The van der Waals surface area contributed by atoms with Gasteiger partial charge in [0, 0.05) is 25.3 Å². The van der Waals surface area contributed by atoms with Crippen molar-refractivity contribution in [2.75, 3.05) is 18.0 Å². The molecule has 1 atom stereocenters. The third-order valence-electron chi connectivity index (χ3n) is 4.43. The first-order chi connectivity index (χ1) is 10.6. The highest BCUT2D eigenvalue weighted by Crippen LogP contribution is 2.26. The molecule has 0 saturated carbocycles. The summed E-state index contributed by atoms with van der Waals surface area (Å²) >= 11 is 5.87. The van der Waals surface area contributed by atoms with Gasteiger partial charge in [0.1, 0.15) is 5.82 Å². The second-order valence-electron chi connectivity index (χ2n) is 6.09. The Hall–Kier alpha value is -0.815. The van der Waals surface area contributed by atoms with Crippen molar-refractivity contribution >= 4 is 24.5 Å². The number of pyridine rings is 1. The highest BCUT2D eigenvalue weighted by molar-refractivity contribution is 6.40. The Balaban J connectivity index is 1.71. The van der Waals surface area contributed by atoms with E-state index in [1.165, 1.54) is 0 Å². The Morgan fingerprint density at radius 1 is 1.32 bits per heavy atom. The maximum absolute atomic E-state index is 8.83. The van der Waals surface area contributed by atoms with Crippen LogP contribution in [0.25, 0.3) is 0 Å². The molecule has 2 rings (SSSR count). The molecule has 1 unspecified atom stereocenters. The molecular formula is C15H25BClN3O2. The molecule has 7 heteroatoms. The number of anilines is 1. The van der Waals surface area contributed by atoms with E-state index in [-0.39, 0.29) is 6.04 Å². The summed E-state index contributed by atoms with van der Waals surface area (Å²) in [6.07, 6.45) is 7.01. The van der Waals surface area contributed by atoms with Crippen molar-refractivity contribution in [2.45, 2.75) is 44.5 Å². The van der Waals surface area contributed by atoms with Gasteiger partial charge in [-0.3, -0.25) is 0 Å². The van der Waals surface area contributed by atoms with Crippen molar-refractivity contribution < 1.29 is 10.0 Å². The predicted octanol–water partition coefficient (Wildman–Crippen LogP) is 1.92. The van der Waals surface area contributed by atoms with E-state index in [2.05, 4.69) is 9.88 Å². The van der Waals surface area contributed by atoms with E-state index >= 15 is 0 Å². The Morgan fingerprint density at radius 3 is 2.64 bits per heavy atom. The number of nitrogens with two attached hydrogens (primary N) is 1. The molecule has 1 saturated heterocycles. The molecule has 1 fully saturated rings. The van der Waals surface area contributed by atoms with Crippen LogP contribution in [0, 0.1) is 5.92 Å². The van der Waals surface area contributed by atoms with Crippen molar-refractivity contribution in [1.29, 1.82) is 0 Å². The summed E-state index contributed by atoms with van der Waals surface area (Å²) in [4.78, 5) is 6.64. The molecule has 1 aliphatic rings. The standard InChI is InChI=1S/C15H25BClN3O2/c17-13-4-5-15(19-11-13)20-9-6-12(7-10-20)14(18)3-1-2-8-16(21)22/h4-5,11-12,14,21-22H,1-3,6-10,18H2. The minimum atomic E-state index is -1.19. The van der Waals surface area contributed by atoms with Gasteiger partial charge in [-0.1, -0.05) is 24.4 Å². The fourth-order valence-electron chi connectivity index (χ4n) is 3.05. The van der Waals surface area contributed by atoms with Gasteiger partial charge in [0.25, 0.3) is 0 Å². The zero-order valence-electron chi connectivity index (χ0n) is 12.9. The molecular weight excluding hydrogens is 300 g/mol. The van der Waals surface area contributed by atoms with E-state index in [0.29, 0.717) is 17.3 Å². The summed E-state index contributed by atoms with van der Waals surface area (Å²) < 4.78 is 0. The molecule has 0 spiro atoms. The Kier molecular flexibility index (Phi) is 6.95. The van der Waals surface area contributed by atoms with Crippen LogP contribution in [0.1, 0.15) is 32.1 Å². The first-order valence-electron chi connectivity index (χ1n) is 8.04. The summed E-state index contributed by atoms with van der Waals surface area (Å²) in [5.74, 6) is 1.52. The van der Waals surface area contributed by atoms with Gasteiger partial charge in [-0.2, -0.15) is 0 Å². The van der Waals surface area contributed by atoms with E-state index in [1.54, 1.807) is 6.20 Å². The van der Waals surface area contributed by atoms with Crippen molar-refractivity contribution in [3.63, 3.8) is 0 Å². The zero-order chi connectivity index (χ0) is 15.9. The van der Waals surface area contributed by atoms with E-state index in [4.69, 9.17) is 27.4 Å². The summed E-state index contributed by atoms with van der Waals surface area (Å²) in [6, 6.07) is 4.04. The highest BCUT2D eigenvalue weighted by atomic mass is 35.5. The van der Waals surface area contributed by atoms with Gasteiger partial charge in [-0.25, -0.2) is 4.98 Å². The molecule has 1 aromatic rings. The molecule has 5 nitrogen and oxygen atoms in total. The maximum atomic E-state index is 8.83. The number of hydrogen-bond acceptors (Lipinski definition) is 5. The van der Waals surface area contributed by atoms with E-state index in [9.17, 15) is 0 Å². The van der Waals surface area contributed by atoms with Crippen molar-refractivity contribution in [3.05, 3.63) is 23.4 Å². The normalized spacial score (nSPS) is 17.5. The first kappa shape index (κ1) is 17.5. The number of aromatic nitrogens is 1. The van der Waals surface area contributed by atoms with Gasteiger partial charge in [0.2, 0.25) is 0 Å². The molecule has 0 aliphatic carbocycles. The average molecular weight is 326 g/mol. The molecule has 1 aliphatic heterocycles. The van der Waals surface area contributed by atoms with Gasteiger partial charge in [-0.05, 0) is 43.6 Å². The topological polar surface area (TPSA) is 82.6 Å². The van der Waals surface area contributed by atoms with Gasteiger partial charge in [-0.15, -0.1) is 0 Å². The summed E-state index contributed by atoms with van der Waals surface area (Å²) in [5, 5.41) is 18.3. The molecule has 0 radical (unpaired) electrons. The van der Waals surface area contributed by atoms with Gasteiger partial charge >= 0.3 is 7.12 Å². The molecule has 0 aromatic carbocycles. The van der Waals surface area contributed by atoms with Gasteiger partial charge in [0.05, 0.1) is 5.02 Å². The van der Waals surface area contributed by atoms with Crippen LogP contribution < -0.4 is 10.6 Å². The number of nitrogens with zero attached hydrogens (tertiary/aromatic N) is 2. The second-order valence-corrected chi connectivity index (χ2v) is 6.52. The Bertz CT molecular complexity index is 439. The molecule has 0 bridgehead atoms. The summed E-state index contributed by atoms with van der Waals surface area (Å²) in [6.45, 7) is 1.95. The van der Waals surface area contributed by atoms with Crippen LogP contribution in [0.2, 0.25) is 11.3 Å². The molecule has 0 amide bonds. The molecule has 2 heterocycles. The third kappa shape index (κ3) is 5.43. The van der Waals surface area contributed by atoms with Crippen molar-refractivity contribution in [2.24, 2.45) is 11.7 Å². The lowest BCUT2D eigenvalue weighted by molar-refractivity contribution is 0.320. The molecule has 22 heavy (non-hydrogen) atoms. The minimum absolute atomic E-state index is 0.205. The Morgan fingerprint density at radius 2 is 2.05 bits per heavy atom. The van der Waals surface area contributed by atoms with E-state index in [1.807, 2.05) is 12.1 Å². The number of hydrogen-bond donors (Lipinski definition) is 3.